The van der Waals surface area contributed by atoms with Gasteiger partial charge in [0.15, 0.2) is 0 Å². The molecule has 2 saturated heterocycles. The fraction of sp³-hybridized carbons (Fsp3) is 0.517. The summed E-state index contributed by atoms with van der Waals surface area (Å²) in [5.41, 5.74) is -2.10. The van der Waals surface area contributed by atoms with Crippen molar-refractivity contribution in [2.75, 3.05) is 19.6 Å². The quantitative estimate of drug-likeness (QED) is 0.377. The molecule has 5 rings (SSSR count). The highest BCUT2D eigenvalue weighted by Gasteiger charge is 2.56. The van der Waals surface area contributed by atoms with Crippen LogP contribution in [0.3, 0.4) is 0 Å². The predicted molar refractivity (Wildman–Crippen MR) is 132 cm³/mol. The molecule has 9 heteroatoms. The number of aryl methyl sites for hydroxylation is 1. The van der Waals surface area contributed by atoms with E-state index in [0.717, 1.165) is 17.5 Å². The Hall–Kier alpha value is -2.97. The molecule has 3 atom stereocenters. The molecule has 38 heavy (non-hydrogen) atoms. The zero-order valence-electron chi connectivity index (χ0n) is 21.2. The summed E-state index contributed by atoms with van der Waals surface area (Å²) in [6.07, 6.45) is -0.976. The number of amides is 2. The van der Waals surface area contributed by atoms with Crippen LogP contribution in [0.1, 0.15) is 54.9 Å². The van der Waals surface area contributed by atoms with Crippen molar-refractivity contribution in [1.82, 2.24) is 9.80 Å². The van der Waals surface area contributed by atoms with E-state index in [2.05, 4.69) is 0 Å². The molecule has 4 nitrogen and oxygen atoms in total. The van der Waals surface area contributed by atoms with Crippen molar-refractivity contribution in [3.05, 3.63) is 70.5 Å². The van der Waals surface area contributed by atoms with Crippen LogP contribution in [-0.4, -0.2) is 54.0 Å². The maximum atomic E-state index is 14.8. The van der Waals surface area contributed by atoms with Crippen LogP contribution in [0.2, 0.25) is 0 Å². The monoisotopic (exact) mass is 534 g/mol. The molecular formula is C29H31F5N2O2. The van der Waals surface area contributed by atoms with E-state index in [1.807, 2.05) is 4.90 Å². The minimum absolute atomic E-state index is 0.0509. The minimum Gasteiger partial charge on any atom is -0.345 e. The number of fused-ring (bicyclic) bond motifs is 3. The number of carbonyl (C=O) groups excluding carboxylic acids is 2. The standard InChI is InChI=1S/C29H31F5N2O2/c1-27(31,29(32,33)34)22-5-8-24-21(16-22)4-9-25-28(24,17-19-2-6-23(30)7-3-19)12-15-36(25)26(38)20-10-13-35(18-37)14-11-20/h2-3,5-8,16,18,20,25H,4,9-15,17H2,1H3/t25-,27?,28-/m1/s1. The normalized spacial score (nSPS) is 25.5. The molecule has 2 heterocycles. The van der Waals surface area contributed by atoms with Crippen LogP contribution in [0.25, 0.3) is 0 Å². The van der Waals surface area contributed by atoms with Gasteiger partial charge in [-0.1, -0.05) is 30.3 Å². The second-order valence-corrected chi connectivity index (χ2v) is 11.1. The lowest BCUT2D eigenvalue weighted by Gasteiger charge is -2.45. The first-order valence-electron chi connectivity index (χ1n) is 13.1. The number of rotatable bonds is 5. The second-order valence-electron chi connectivity index (χ2n) is 11.1. The molecule has 0 bridgehead atoms. The van der Waals surface area contributed by atoms with Crippen molar-refractivity contribution < 1.29 is 31.5 Å². The van der Waals surface area contributed by atoms with Gasteiger partial charge in [0, 0.05) is 37.0 Å². The van der Waals surface area contributed by atoms with Crippen molar-refractivity contribution in [2.24, 2.45) is 5.92 Å². The first kappa shape index (κ1) is 26.6. The van der Waals surface area contributed by atoms with Gasteiger partial charge in [0.1, 0.15) is 5.82 Å². The Morgan fingerprint density at radius 2 is 1.71 bits per heavy atom. The van der Waals surface area contributed by atoms with Gasteiger partial charge in [-0.05, 0) is 79.8 Å². The average Bonchev–Trinajstić information content (AvgIpc) is 3.28. The lowest BCUT2D eigenvalue weighted by atomic mass is 9.63. The summed E-state index contributed by atoms with van der Waals surface area (Å²) in [4.78, 5) is 28.4. The predicted octanol–water partition coefficient (Wildman–Crippen LogP) is 5.47. The van der Waals surface area contributed by atoms with E-state index in [9.17, 15) is 31.5 Å². The van der Waals surface area contributed by atoms with E-state index in [1.165, 1.54) is 24.3 Å². The molecule has 0 aromatic heterocycles. The van der Waals surface area contributed by atoms with Crippen molar-refractivity contribution in [3.63, 3.8) is 0 Å². The third-order valence-corrected chi connectivity index (χ3v) is 8.96. The van der Waals surface area contributed by atoms with Crippen molar-refractivity contribution in [2.45, 2.75) is 68.8 Å². The van der Waals surface area contributed by atoms with Crippen LogP contribution in [0.4, 0.5) is 22.0 Å². The number of hydrogen-bond donors (Lipinski definition) is 0. The van der Waals surface area contributed by atoms with E-state index in [-0.39, 0.29) is 23.7 Å². The Balaban J connectivity index is 1.51. The van der Waals surface area contributed by atoms with E-state index in [0.29, 0.717) is 70.6 Å². The summed E-state index contributed by atoms with van der Waals surface area (Å²) >= 11 is 0. The number of alkyl halides is 4. The molecule has 0 N–H and O–H groups in total. The fourth-order valence-corrected chi connectivity index (χ4v) is 6.74. The number of halogens is 5. The van der Waals surface area contributed by atoms with E-state index < -0.39 is 22.8 Å². The van der Waals surface area contributed by atoms with Gasteiger partial charge in [0.25, 0.3) is 0 Å². The van der Waals surface area contributed by atoms with E-state index in [4.69, 9.17) is 0 Å². The molecule has 3 aliphatic rings. The van der Waals surface area contributed by atoms with Gasteiger partial charge in [-0.25, -0.2) is 8.78 Å². The SMILES string of the molecule is CC(F)(c1ccc2c(c1)CC[C@H]1N(C(=O)C3CCN(C=O)CC3)CC[C@@]21Cc1ccc(F)cc1)C(F)(F)F. The summed E-state index contributed by atoms with van der Waals surface area (Å²) in [6, 6.07) is 10.2. The van der Waals surface area contributed by atoms with Gasteiger partial charge in [0.2, 0.25) is 18.0 Å². The van der Waals surface area contributed by atoms with E-state index in [1.54, 1.807) is 23.1 Å². The Morgan fingerprint density at radius 1 is 1.03 bits per heavy atom. The highest BCUT2D eigenvalue weighted by Crippen LogP contribution is 2.51. The fourth-order valence-electron chi connectivity index (χ4n) is 6.74. The first-order chi connectivity index (χ1) is 18.0. The number of nitrogens with zero attached hydrogens (tertiary/aromatic N) is 2. The molecule has 0 radical (unpaired) electrons. The molecule has 1 unspecified atom stereocenters. The summed E-state index contributed by atoms with van der Waals surface area (Å²) in [5, 5.41) is 0. The van der Waals surface area contributed by atoms with Crippen molar-refractivity contribution >= 4 is 12.3 Å². The summed E-state index contributed by atoms with van der Waals surface area (Å²) in [5.74, 6) is -0.499. The van der Waals surface area contributed by atoms with Gasteiger partial charge in [-0.2, -0.15) is 13.2 Å². The molecule has 0 spiro atoms. The highest BCUT2D eigenvalue weighted by atomic mass is 19.4. The largest absolute Gasteiger partial charge is 0.426 e. The summed E-state index contributed by atoms with van der Waals surface area (Å²) < 4.78 is 68.8. The summed E-state index contributed by atoms with van der Waals surface area (Å²) in [7, 11) is 0. The third kappa shape index (κ3) is 4.47. The van der Waals surface area contributed by atoms with E-state index >= 15 is 0 Å². The van der Waals surface area contributed by atoms with Gasteiger partial charge in [0.05, 0.1) is 0 Å². The lowest BCUT2D eigenvalue weighted by Crippen LogP contribution is -2.51. The van der Waals surface area contributed by atoms with Crippen LogP contribution in [0.15, 0.2) is 42.5 Å². The molecule has 2 aliphatic heterocycles. The molecule has 0 saturated carbocycles. The Morgan fingerprint density at radius 3 is 2.34 bits per heavy atom. The molecule has 2 fully saturated rings. The molecule has 2 aromatic rings. The number of carbonyl (C=O) groups is 2. The molecule has 2 aromatic carbocycles. The Kier molecular flexibility index (Phi) is 6.76. The van der Waals surface area contributed by atoms with Gasteiger partial charge < -0.3 is 9.80 Å². The number of likely N-dealkylation sites (tertiary alicyclic amines) is 2. The van der Waals surface area contributed by atoms with Crippen LogP contribution < -0.4 is 0 Å². The average molecular weight is 535 g/mol. The van der Waals surface area contributed by atoms with Crippen LogP contribution >= 0.6 is 0 Å². The second kappa shape index (κ2) is 9.65. The van der Waals surface area contributed by atoms with Gasteiger partial charge >= 0.3 is 6.18 Å². The van der Waals surface area contributed by atoms with Crippen LogP contribution in [0.5, 0.6) is 0 Å². The maximum absolute atomic E-state index is 14.8. The molecule has 1 aliphatic carbocycles. The molecule has 2 amide bonds. The summed E-state index contributed by atoms with van der Waals surface area (Å²) in [6.45, 7) is 2.11. The van der Waals surface area contributed by atoms with Crippen LogP contribution in [0, 0.1) is 11.7 Å². The topological polar surface area (TPSA) is 40.6 Å². The zero-order chi connectivity index (χ0) is 27.3. The first-order valence-corrected chi connectivity index (χ1v) is 13.1. The highest BCUT2D eigenvalue weighted by molar-refractivity contribution is 5.80. The lowest BCUT2D eigenvalue weighted by molar-refractivity contribution is -0.228. The number of hydrogen-bond acceptors (Lipinski definition) is 2. The zero-order valence-corrected chi connectivity index (χ0v) is 21.2. The van der Waals surface area contributed by atoms with Crippen molar-refractivity contribution in [1.29, 1.82) is 0 Å². The minimum atomic E-state index is -5.04. The molecule has 204 valence electrons. The maximum Gasteiger partial charge on any atom is 0.426 e. The Bertz CT molecular complexity index is 1200. The number of benzene rings is 2. The van der Waals surface area contributed by atoms with Gasteiger partial charge in [-0.15, -0.1) is 0 Å². The van der Waals surface area contributed by atoms with Crippen LogP contribution in [-0.2, 0) is 33.5 Å². The van der Waals surface area contributed by atoms with Gasteiger partial charge in [-0.3, -0.25) is 9.59 Å². The molecular weight excluding hydrogens is 503 g/mol. The third-order valence-electron chi connectivity index (χ3n) is 8.96. The number of piperidine rings is 1. The Labute approximate surface area is 218 Å². The van der Waals surface area contributed by atoms with Crippen molar-refractivity contribution in [3.8, 4) is 0 Å². The smallest absolute Gasteiger partial charge is 0.345 e.